The second kappa shape index (κ2) is 6.56. The summed E-state index contributed by atoms with van der Waals surface area (Å²) in [6.07, 6.45) is 5.24. The number of rotatable bonds is 5. The highest BCUT2D eigenvalue weighted by Crippen LogP contribution is 2.31. The number of aryl methyl sites for hydroxylation is 1. The van der Waals surface area contributed by atoms with Gasteiger partial charge in [0, 0.05) is 35.4 Å². The highest BCUT2D eigenvalue weighted by Gasteiger charge is 2.33. The average Bonchev–Trinajstić information content (AvgIpc) is 3.21. The predicted octanol–water partition coefficient (Wildman–Crippen LogP) is 2.48. The first-order chi connectivity index (χ1) is 9.81. The van der Waals surface area contributed by atoms with Crippen molar-refractivity contribution in [1.82, 2.24) is 9.80 Å². The molecule has 112 valence electrons. The molecule has 2 fully saturated rings. The van der Waals surface area contributed by atoms with Gasteiger partial charge in [-0.05, 0) is 50.9 Å². The molecule has 1 aromatic rings. The van der Waals surface area contributed by atoms with Crippen molar-refractivity contribution in [2.45, 2.75) is 44.7 Å². The van der Waals surface area contributed by atoms with E-state index in [0.29, 0.717) is 6.04 Å². The summed E-state index contributed by atoms with van der Waals surface area (Å²) in [5.74, 6) is 0. The molecule has 3 rings (SSSR count). The highest BCUT2D eigenvalue weighted by molar-refractivity contribution is 7.12. The minimum Gasteiger partial charge on any atom is -0.329 e. The van der Waals surface area contributed by atoms with Gasteiger partial charge in [-0.1, -0.05) is 6.92 Å². The topological polar surface area (TPSA) is 32.5 Å². The monoisotopic (exact) mass is 293 g/mol. The van der Waals surface area contributed by atoms with E-state index >= 15 is 0 Å². The molecular weight excluding hydrogens is 266 g/mol. The Hall–Kier alpha value is -0.420. The summed E-state index contributed by atoms with van der Waals surface area (Å²) in [5, 5.41) is 0. The second-order valence-corrected chi connectivity index (χ2v) is 7.29. The summed E-state index contributed by atoms with van der Waals surface area (Å²) in [7, 11) is 0. The standard InChI is InChI=1S/C16H27N3S/c1-2-14-5-6-16(20-14)15(11-17)19-10-7-13(12-19)18-8-3-4-9-18/h5-6,13,15H,2-4,7-12,17H2,1H3. The van der Waals surface area contributed by atoms with Gasteiger partial charge in [0.15, 0.2) is 0 Å². The van der Waals surface area contributed by atoms with Crippen molar-refractivity contribution < 1.29 is 0 Å². The summed E-state index contributed by atoms with van der Waals surface area (Å²) < 4.78 is 0. The molecule has 2 atom stereocenters. The summed E-state index contributed by atoms with van der Waals surface area (Å²) in [5.41, 5.74) is 6.09. The lowest BCUT2D eigenvalue weighted by Crippen LogP contribution is -2.37. The molecule has 0 amide bonds. The van der Waals surface area contributed by atoms with Crippen LogP contribution in [0.4, 0.5) is 0 Å². The molecule has 2 unspecified atom stereocenters. The van der Waals surface area contributed by atoms with Crippen molar-refractivity contribution in [1.29, 1.82) is 0 Å². The van der Waals surface area contributed by atoms with Crippen LogP contribution in [0.5, 0.6) is 0 Å². The fourth-order valence-electron chi connectivity index (χ4n) is 3.66. The van der Waals surface area contributed by atoms with Crippen LogP contribution in [0.25, 0.3) is 0 Å². The van der Waals surface area contributed by atoms with Crippen molar-refractivity contribution >= 4 is 11.3 Å². The Morgan fingerprint density at radius 3 is 2.75 bits per heavy atom. The Morgan fingerprint density at radius 2 is 2.10 bits per heavy atom. The van der Waals surface area contributed by atoms with Crippen LogP contribution in [0.15, 0.2) is 12.1 Å². The van der Waals surface area contributed by atoms with Gasteiger partial charge in [-0.3, -0.25) is 9.80 Å². The van der Waals surface area contributed by atoms with E-state index in [9.17, 15) is 0 Å². The first kappa shape index (κ1) is 14.5. The molecule has 3 nitrogen and oxygen atoms in total. The normalized spacial score (nSPS) is 26.4. The molecule has 2 N–H and O–H groups in total. The quantitative estimate of drug-likeness (QED) is 0.905. The Morgan fingerprint density at radius 1 is 1.30 bits per heavy atom. The zero-order valence-corrected chi connectivity index (χ0v) is 13.4. The van der Waals surface area contributed by atoms with Gasteiger partial charge in [0.25, 0.3) is 0 Å². The van der Waals surface area contributed by atoms with E-state index in [2.05, 4.69) is 28.9 Å². The van der Waals surface area contributed by atoms with E-state index in [-0.39, 0.29) is 0 Å². The third-order valence-electron chi connectivity index (χ3n) is 4.88. The van der Waals surface area contributed by atoms with Crippen LogP contribution in [-0.4, -0.2) is 48.6 Å². The molecular formula is C16H27N3S. The zero-order chi connectivity index (χ0) is 13.9. The van der Waals surface area contributed by atoms with Crippen LogP contribution in [0, 0.1) is 0 Å². The van der Waals surface area contributed by atoms with E-state index in [4.69, 9.17) is 5.73 Å². The Labute approximate surface area is 126 Å². The summed E-state index contributed by atoms with van der Waals surface area (Å²) in [4.78, 5) is 8.26. The van der Waals surface area contributed by atoms with Crippen molar-refractivity contribution in [3.63, 3.8) is 0 Å². The molecule has 20 heavy (non-hydrogen) atoms. The van der Waals surface area contributed by atoms with E-state index in [1.54, 1.807) is 0 Å². The lowest BCUT2D eigenvalue weighted by molar-refractivity contribution is 0.204. The highest BCUT2D eigenvalue weighted by atomic mass is 32.1. The fourth-order valence-corrected chi connectivity index (χ4v) is 4.77. The Kier molecular flexibility index (Phi) is 4.76. The minimum absolute atomic E-state index is 0.438. The van der Waals surface area contributed by atoms with E-state index in [1.807, 2.05) is 11.3 Å². The van der Waals surface area contributed by atoms with Crippen LogP contribution >= 0.6 is 11.3 Å². The van der Waals surface area contributed by atoms with Crippen molar-refractivity contribution in [3.05, 3.63) is 21.9 Å². The lowest BCUT2D eigenvalue weighted by Gasteiger charge is -2.28. The fraction of sp³-hybridized carbons (Fsp3) is 0.750. The molecule has 3 heterocycles. The van der Waals surface area contributed by atoms with Gasteiger partial charge < -0.3 is 5.73 Å². The van der Waals surface area contributed by atoms with E-state index < -0.39 is 0 Å². The second-order valence-electron chi connectivity index (χ2n) is 6.09. The van der Waals surface area contributed by atoms with Gasteiger partial charge in [0.05, 0.1) is 6.04 Å². The van der Waals surface area contributed by atoms with Gasteiger partial charge >= 0.3 is 0 Å². The first-order valence-corrected chi connectivity index (χ1v) is 8.90. The third kappa shape index (κ3) is 2.93. The van der Waals surface area contributed by atoms with Gasteiger partial charge in [-0.25, -0.2) is 0 Å². The number of nitrogens with zero attached hydrogens (tertiary/aromatic N) is 2. The molecule has 0 aliphatic carbocycles. The van der Waals surface area contributed by atoms with Crippen molar-refractivity contribution in [2.24, 2.45) is 5.73 Å². The van der Waals surface area contributed by atoms with Crippen molar-refractivity contribution in [2.75, 3.05) is 32.7 Å². The van der Waals surface area contributed by atoms with Crippen LogP contribution in [0.1, 0.15) is 42.0 Å². The molecule has 0 aromatic carbocycles. The minimum atomic E-state index is 0.438. The number of likely N-dealkylation sites (tertiary alicyclic amines) is 2. The Balaban J connectivity index is 1.64. The molecule has 2 saturated heterocycles. The van der Waals surface area contributed by atoms with Crippen LogP contribution < -0.4 is 5.73 Å². The van der Waals surface area contributed by atoms with Gasteiger partial charge in [0.2, 0.25) is 0 Å². The maximum absolute atomic E-state index is 6.09. The third-order valence-corrected chi connectivity index (χ3v) is 6.21. The van der Waals surface area contributed by atoms with Crippen LogP contribution in [0.2, 0.25) is 0 Å². The molecule has 0 spiro atoms. The van der Waals surface area contributed by atoms with Crippen LogP contribution in [-0.2, 0) is 6.42 Å². The van der Waals surface area contributed by atoms with Gasteiger partial charge in [-0.2, -0.15) is 0 Å². The smallest absolute Gasteiger partial charge is 0.0564 e. The Bertz CT molecular complexity index is 425. The molecule has 0 bridgehead atoms. The van der Waals surface area contributed by atoms with Crippen LogP contribution in [0.3, 0.4) is 0 Å². The number of hydrogen-bond acceptors (Lipinski definition) is 4. The molecule has 2 aliphatic heterocycles. The summed E-state index contributed by atoms with van der Waals surface area (Å²) in [6, 6.07) is 5.78. The number of hydrogen-bond donors (Lipinski definition) is 1. The SMILES string of the molecule is CCc1ccc(C(CN)N2CCC(N3CCCC3)C2)s1. The zero-order valence-electron chi connectivity index (χ0n) is 12.6. The van der Waals surface area contributed by atoms with Gasteiger partial charge in [0.1, 0.15) is 0 Å². The van der Waals surface area contributed by atoms with E-state index in [1.165, 1.54) is 55.2 Å². The average molecular weight is 293 g/mol. The molecule has 2 aliphatic rings. The predicted molar refractivity (Wildman–Crippen MR) is 86.3 cm³/mol. The van der Waals surface area contributed by atoms with Crippen molar-refractivity contribution in [3.8, 4) is 0 Å². The lowest BCUT2D eigenvalue weighted by atomic mass is 10.2. The number of thiophene rings is 1. The molecule has 0 radical (unpaired) electrons. The number of nitrogens with two attached hydrogens (primary N) is 1. The molecule has 1 aromatic heterocycles. The molecule has 0 saturated carbocycles. The maximum atomic E-state index is 6.09. The first-order valence-electron chi connectivity index (χ1n) is 8.08. The molecule has 4 heteroatoms. The summed E-state index contributed by atoms with van der Waals surface area (Å²) in [6.45, 7) is 8.02. The van der Waals surface area contributed by atoms with E-state index in [0.717, 1.165) is 19.0 Å². The summed E-state index contributed by atoms with van der Waals surface area (Å²) >= 11 is 1.95. The largest absolute Gasteiger partial charge is 0.329 e. The van der Waals surface area contributed by atoms with Gasteiger partial charge in [-0.15, -0.1) is 11.3 Å². The maximum Gasteiger partial charge on any atom is 0.0564 e.